The maximum absolute atomic E-state index is 13.2. The Kier molecular flexibility index (Phi) is 4.56. The van der Waals surface area contributed by atoms with Crippen LogP contribution in [0.2, 0.25) is 10.0 Å². The summed E-state index contributed by atoms with van der Waals surface area (Å²) in [5, 5.41) is 6.34. The summed E-state index contributed by atoms with van der Waals surface area (Å²) in [5.41, 5.74) is 0.636. The van der Waals surface area contributed by atoms with Crippen molar-refractivity contribution in [3.8, 4) is 0 Å². The van der Waals surface area contributed by atoms with Crippen molar-refractivity contribution in [1.29, 1.82) is 0 Å². The molecule has 2 aliphatic rings. The van der Waals surface area contributed by atoms with Gasteiger partial charge in [0, 0.05) is 5.02 Å². The molecule has 2 heterocycles. The van der Waals surface area contributed by atoms with Crippen LogP contribution in [-0.2, 0) is 19.1 Å². The second-order valence-electron chi connectivity index (χ2n) is 6.18. The lowest BCUT2D eigenvalue weighted by Gasteiger charge is -2.22. The van der Waals surface area contributed by atoms with Gasteiger partial charge in [-0.1, -0.05) is 35.3 Å². The number of amides is 2. The van der Waals surface area contributed by atoms with Crippen molar-refractivity contribution in [2.45, 2.75) is 6.04 Å². The van der Waals surface area contributed by atoms with E-state index in [4.69, 9.17) is 27.9 Å². The highest BCUT2D eigenvalue weighted by Gasteiger charge is 2.59. The number of carbonyl (C=O) groups is 3. The van der Waals surface area contributed by atoms with Gasteiger partial charge in [0.1, 0.15) is 12.0 Å². The molecule has 0 bridgehead atoms. The summed E-state index contributed by atoms with van der Waals surface area (Å²) < 4.78 is 4.77. The molecule has 2 aromatic carbocycles. The zero-order valence-corrected chi connectivity index (χ0v) is 16.0. The van der Waals surface area contributed by atoms with Crippen LogP contribution in [0.4, 0.5) is 11.4 Å². The number of ether oxygens (including phenoxy) is 1. The molecule has 0 N–H and O–H groups in total. The van der Waals surface area contributed by atoms with E-state index >= 15 is 0 Å². The molecule has 0 saturated carbocycles. The molecule has 9 heteroatoms. The Labute approximate surface area is 170 Å². The number of methoxy groups -OCH3 is 1. The third-order valence-electron chi connectivity index (χ3n) is 4.63. The summed E-state index contributed by atoms with van der Waals surface area (Å²) in [5.74, 6) is -2.94. The summed E-state index contributed by atoms with van der Waals surface area (Å²) in [6, 6.07) is 12.0. The second-order valence-corrected chi connectivity index (χ2v) is 7.03. The molecule has 0 aromatic heterocycles. The molecule has 2 atom stereocenters. The number of carbonyl (C=O) groups excluding carboxylic acids is 3. The molecule has 2 aromatic rings. The maximum atomic E-state index is 13.2. The van der Waals surface area contributed by atoms with Gasteiger partial charge in [-0.2, -0.15) is 5.10 Å². The summed E-state index contributed by atoms with van der Waals surface area (Å²) >= 11 is 12.2. The monoisotopic (exact) mass is 417 g/mol. The summed E-state index contributed by atoms with van der Waals surface area (Å²) in [6.07, 6.45) is 0. The average molecular weight is 418 g/mol. The first-order chi connectivity index (χ1) is 13.4. The number of hydrazone groups is 1. The van der Waals surface area contributed by atoms with Crippen LogP contribution in [0.1, 0.15) is 0 Å². The van der Waals surface area contributed by atoms with Crippen molar-refractivity contribution in [1.82, 2.24) is 0 Å². The number of rotatable bonds is 3. The van der Waals surface area contributed by atoms with E-state index in [1.165, 1.54) is 12.1 Å². The molecule has 2 amide bonds. The smallest absolute Gasteiger partial charge is 0.355 e. The fourth-order valence-corrected chi connectivity index (χ4v) is 3.72. The quantitative estimate of drug-likeness (QED) is 0.566. The van der Waals surface area contributed by atoms with Gasteiger partial charge in [-0.25, -0.2) is 14.7 Å². The number of halogens is 2. The highest BCUT2D eigenvalue weighted by atomic mass is 35.5. The van der Waals surface area contributed by atoms with Crippen molar-refractivity contribution in [3.63, 3.8) is 0 Å². The van der Waals surface area contributed by atoms with Crippen molar-refractivity contribution < 1.29 is 19.1 Å². The summed E-state index contributed by atoms with van der Waals surface area (Å²) in [4.78, 5) is 39.6. The number of hydrogen-bond acceptors (Lipinski definition) is 6. The maximum Gasteiger partial charge on any atom is 0.355 e. The minimum atomic E-state index is -1.09. The van der Waals surface area contributed by atoms with E-state index in [9.17, 15) is 14.4 Å². The topological polar surface area (TPSA) is 79.3 Å². The Morgan fingerprint density at radius 3 is 2.36 bits per heavy atom. The average Bonchev–Trinajstić information content (AvgIpc) is 3.20. The van der Waals surface area contributed by atoms with Gasteiger partial charge in [0.2, 0.25) is 5.91 Å². The minimum Gasteiger partial charge on any atom is -0.464 e. The lowest BCUT2D eigenvalue weighted by molar-refractivity contribution is -0.133. The van der Waals surface area contributed by atoms with Gasteiger partial charge in [-0.15, -0.1) is 0 Å². The highest BCUT2D eigenvalue weighted by molar-refractivity contribution is 6.47. The van der Waals surface area contributed by atoms with Crippen molar-refractivity contribution in [2.75, 3.05) is 17.0 Å². The van der Waals surface area contributed by atoms with Crippen LogP contribution in [0.15, 0.2) is 53.6 Å². The van der Waals surface area contributed by atoms with Gasteiger partial charge in [0.25, 0.3) is 5.91 Å². The van der Waals surface area contributed by atoms with Crippen LogP contribution < -0.4 is 9.91 Å². The van der Waals surface area contributed by atoms with Crippen molar-refractivity contribution in [3.05, 3.63) is 58.6 Å². The van der Waals surface area contributed by atoms with Crippen LogP contribution in [0.3, 0.4) is 0 Å². The molecular weight excluding hydrogens is 405 g/mol. The van der Waals surface area contributed by atoms with E-state index in [0.29, 0.717) is 21.4 Å². The van der Waals surface area contributed by atoms with E-state index in [2.05, 4.69) is 5.10 Å². The van der Waals surface area contributed by atoms with E-state index in [1.807, 2.05) is 0 Å². The predicted molar refractivity (Wildman–Crippen MR) is 105 cm³/mol. The zero-order chi connectivity index (χ0) is 20.0. The van der Waals surface area contributed by atoms with E-state index in [-0.39, 0.29) is 5.71 Å². The normalized spacial score (nSPS) is 21.0. The number of anilines is 2. The molecular formula is C19H13Cl2N3O4. The molecule has 1 fully saturated rings. The third kappa shape index (κ3) is 2.75. The Balaban J connectivity index is 1.82. The zero-order valence-electron chi connectivity index (χ0n) is 14.5. The molecule has 28 heavy (non-hydrogen) atoms. The molecule has 0 aliphatic carbocycles. The number of hydrogen-bond donors (Lipinski definition) is 0. The van der Waals surface area contributed by atoms with Gasteiger partial charge in [0.05, 0.1) is 23.5 Å². The minimum absolute atomic E-state index is 0.137. The molecule has 7 nitrogen and oxygen atoms in total. The Morgan fingerprint density at radius 1 is 1.04 bits per heavy atom. The lowest BCUT2D eigenvalue weighted by atomic mass is 9.98. The predicted octanol–water partition coefficient (Wildman–Crippen LogP) is 2.90. The lowest BCUT2D eigenvalue weighted by Crippen LogP contribution is -2.39. The number of imide groups is 1. The molecule has 2 aliphatic heterocycles. The first-order valence-corrected chi connectivity index (χ1v) is 9.03. The molecule has 0 spiro atoms. The number of nitrogens with zero attached hydrogens (tertiary/aromatic N) is 3. The standard InChI is InChI=1S/C19H13Cl2N3O4/c1-28-19(27)15-14-16(24(22-15)13-5-3-2-4-12(13)21)18(26)23(17(14)25)11-8-6-10(20)7-9-11/h2-9,14,16H,1H3. The van der Waals surface area contributed by atoms with E-state index < -0.39 is 29.7 Å². The van der Waals surface area contributed by atoms with Gasteiger partial charge in [-0.3, -0.25) is 9.59 Å². The Bertz CT molecular complexity index is 1020. The van der Waals surface area contributed by atoms with Crippen molar-refractivity contribution in [2.24, 2.45) is 11.0 Å². The van der Waals surface area contributed by atoms with Gasteiger partial charge in [0.15, 0.2) is 5.71 Å². The van der Waals surface area contributed by atoms with Gasteiger partial charge >= 0.3 is 5.97 Å². The first-order valence-electron chi connectivity index (χ1n) is 8.28. The van der Waals surface area contributed by atoms with Gasteiger partial charge in [-0.05, 0) is 36.4 Å². The van der Waals surface area contributed by atoms with Crippen LogP contribution in [0, 0.1) is 5.92 Å². The van der Waals surface area contributed by atoms with E-state index in [0.717, 1.165) is 4.90 Å². The fraction of sp³-hybridized carbons (Fsp3) is 0.158. The highest BCUT2D eigenvalue weighted by Crippen LogP contribution is 2.40. The van der Waals surface area contributed by atoms with Gasteiger partial charge < -0.3 is 4.74 Å². The van der Waals surface area contributed by atoms with E-state index in [1.54, 1.807) is 48.5 Å². The Morgan fingerprint density at radius 2 is 1.71 bits per heavy atom. The second kappa shape index (κ2) is 6.92. The molecule has 0 radical (unpaired) electrons. The van der Waals surface area contributed by atoms with Crippen LogP contribution >= 0.6 is 23.2 Å². The molecule has 142 valence electrons. The number of benzene rings is 2. The number of para-hydroxylation sites is 1. The fourth-order valence-electron chi connectivity index (χ4n) is 3.37. The van der Waals surface area contributed by atoms with Crippen LogP contribution in [-0.4, -0.2) is 36.6 Å². The van der Waals surface area contributed by atoms with Crippen molar-refractivity contribution >= 4 is 58.1 Å². The number of esters is 1. The molecule has 2 unspecified atom stereocenters. The third-order valence-corrected chi connectivity index (χ3v) is 5.20. The molecule has 1 saturated heterocycles. The first kappa shape index (κ1) is 18.5. The summed E-state index contributed by atoms with van der Waals surface area (Å²) in [6.45, 7) is 0. The summed E-state index contributed by atoms with van der Waals surface area (Å²) in [7, 11) is 1.19. The van der Waals surface area contributed by atoms with Crippen LogP contribution in [0.25, 0.3) is 0 Å². The number of fused-ring (bicyclic) bond motifs is 1. The SMILES string of the molecule is COC(=O)C1=NN(c2ccccc2Cl)C2C(=O)N(c3ccc(Cl)cc3)C(=O)C12. The molecule has 4 rings (SSSR count). The Hall–Kier alpha value is -2.90. The van der Waals surface area contributed by atoms with Crippen LogP contribution in [0.5, 0.6) is 0 Å². The largest absolute Gasteiger partial charge is 0.464 e.